The zero-order valence-electron chi connectivity index (χ0n) is 16.6. The van der Waals surface area contributed by atoms with Gasteiger partial charge >= 0.3 is 0 Å². The van der Waals surface area contributed by atoms with E-state index < -0.39 is 6.17 Å². The molecule has 1 aliphatic heterocycles. The number of hydrogen-bond acceptors (Lipinski definition) is 5. The highest BCUT2D eigenvalue weighted by Crippen LogP contribution is 2.34. The molecule has 7 nitrogen and oxygen atoms in total. The molecule has 3 heterocycles. The van der Waals surface area contributed by atoms with Crippen LogP contribution >= 0.6 is 0 Å². The highest BCUT2D eigenvalue weighted by atomic mass is 19.1. The molecule has 2 aliphatic rings. The number of amides is 1. The van der Waals surface area contributed by atoms with E-state index in [4.69, 9.17) is 9.72 Å². The molecule has 30 heavy (non-hydrogen) atoms. The zero-order valence-corrected chi connectivity index (χ0v) is 16.6. The number of carbonyl (C=O) groups excluding carboxylic acids is 1. The van der Waals surface area contributed by atoms with E-state index in [0.717, 1.165) is 29.3 Å². The molecule has 154 valence electrons. The number of pyridine rings is 1. The van der Waals surface area contributed by atoms with Gasteiger partial charge in [0.25, 0.3) is 0 Å². The van der Waals surface area contributed by atoms with E-state index in [1.807, 2.05) is 19.1 Å². The van der Waals surface area contributed by atoms with E-state index in [-0.39, 0.29) is 30.5 Å². The maximum atomic E-state index is 13.2. The lowest BCUT2D eigenvalue weighted by Crippen LogP contribution is -2.31. The fourth-order valence-electron chi connectivity index (χ4n) is 4.34. The van der Waals surface area contributed by atoms with Crippen LogP contribution in [0.15, 0.2) is 24.4 Å². The van der Waals surface area contributed by atoms with Gasteiger partial charge in [-0.3, -0.25) is 9.78 Å². The Hall–Kier alpha value is -3.05. The van der Waals surface area contributed by atoms with Gasteiger partial charge in [-0.25, -0.2) is 9.37 Å². The van der Waals surface area contributed by atoms with E-state index in [1.165, 1.54) is 0 Å². The van der Waals surface area contributed by atoms with Crippen LogP contribution < -0.4 is 5.32 Å². The van der Waals surface area contributed by atoms with Crippen molar-refractivity contribution in [3.63, 3.8) is 0 Å². The lowest BCUT2D eigenvalue weighted by molar-refractivity contribution is -0.120. The lowest BCUT2D eigenvalue weighted by Gasteiger charge is -2.30. The van der Waals surface area contributed by atoms with Crippen LogP contribution in [0.4, 0.5) is 4.39 Å². The SMILES string of the molecule is C[C@@H]1C[C@H](n2c(CC(=O)N[C@H]3C[C@H]3F)nc3cnc4ccc(C#N)cc4c32)CCO1. The summed E-state index contributed by atoms with van der Waals surface area (Å²) in [5.74, 6) is 0.404. The second kappa shape index (κ2) is 7.33. The van der Waals surface area contributed by atoms with Crippen molar-refractivity contribution < 1.29 is 13.9 Å². The molecular weight excluding hydrogens is 385 g/mol. The van der Waals surface area contributed by atoms with E-state index in [9.17, 15) is 14.4 Å². The number of benzene rings is 1. The molecule has 2 aromatic heterocycles. The van der Waals surface area contributed by atoms with Crippen LogP contribution in [0.3, 0.4) is 0 Å². The monoisotopic (exact) mass is 407 g/mol. The van der Waals surface area contributed by atoms with Gasteiger partial charge in [-0.1, -0.05) is 0 Å². The van der Waals surface area contributed by atoms with Crippen molar-refractivity contribution in [3.05, 3.63) is 35.8 Å². The number of nitrogens with zero attached hydrogens (tertiary/aromatic N) is 4. The minimum Gasteiger partial charge on any atom is -0.378 e. The van der Waals surface area contributed by atoms with Crippen LogP contribution in [0.25, 0.3) is 21.9 Å². The second-order valence-electron chi connectivity index (χ2n) is 8.20. The van der Waals surface area contributed by atoms with Gasteiger partial charge in [0.1, 0.15) is 17.5 Å². The Labute approximate surface area is 172 Å². The van der Waals surface area contributed by atoms with Gasteiger partial charge in [-0.05, 0) is 38.0 Å². The fourth-order valence-corrected chi connectivity index (χ4v) is 4.34. The summed E-state index contributed by atoms with van der Waals surface area (Å²) in [7, 11) is 0. The number of hydrogen-bond donors (Lipinski definition) is 1. The Morgan fingerprint density at radius 2 is 2.23 bits per heavy atom. The van der Waals surface area contributed by atoms with Crippen molar-refractivity contribution in [1.82, 2.24) is 19.9 Å². The highest BCUT2D eigenvalue weighted by Gasteiger charge is 2.39. The first-order valence-electron chi connectivity index (χ1n) is 10.3. The van der Waals surface area contributed by atoms with Gasteiger partial charge in [-0.2, -0.15) is 5.26 Å². The number of ether oxygens (including phenoxy) is 1. The van der Waals surface area contributed by atoms with Gasteiger partial charge in [0.15, 0.2) is 0 Å². The van der Waals surface area contributed by atoms with Crippen LogP contribution in [0.2, 0.25) is 0 Å². The lowest BCUT2D eigenvalue weighted by atomic mass is 10.0. The summed E-state index contributed by atoms with van der Waals surface area (Å²) < 4.78 is 21.1. The van der Waals surface area contributed by atoms with Crippen LogP contribution in [0.1, 0.15) is 43.6 Å². The standard InChI is InChI=1S/C22H22FN5O2/c1-12-6-14(4-5-30-12)28-20(9-21(29)27-18-8-16(18)23)26-19-11-25-17-3-2-13(10-24)7-15(17)22(19)28/h2-3,7,11-12,14,16,18H,4-6,8-9H2,1H3,(H,27,29)/t12-,14-,16-,18+/m1/s1. The van der Waals surface area contributed by atoms with Crippen molar-refractivity contribution in [1.29, 1.82) is 5.26 Å². The van der Waals surface area contributed by atoms with Gasteiger partial charge in [0.05, 0.1) is 47.4 Å². The Kier molecular flexibility index (Phi) is 4.63. The fraction of sp³-hybridized carbons (Fsp3) is 0.455. The average Bonchev–Trinajstić information content (AvgIpc) is 3.29. The molecule has 1 saturated carbocycles. The van der Waals surface area contributed by atoms with Crippen molar-refractivity contribution in [2.75, 3.05) is 6.61 Å². The number of aromatic nitrogens is 3. The third kappa shape index (κ3) is 3.39. The molecule has 1 N–H and O–H groups in total. The summed E-state index contributed by atoms with van der Waals surface area (Å²) in [5.41, 5.74) is 2.90. The van der Waals surface area contributed by atoms with E-state index >= 15 is 0 Å². The number of nitriles is 1. The first kappa shape index (κ1) is 18.9. The third-order valence-corrected chi connectivity index (χ3v) is 5.92. The Morgan fingerprint density at radius 1 is 1.40 bits per heavy atom. The third-order valence-electron chi connectivity index (χ3n) is 5.92. The molecule has 1 amide bonds. The number of imidazole rings is 1. The summed E-state index contributed by atoms with van der Waals surface area (Å²) in [6.07, 6.45) is 2.93. The number of carbonyl (C=O) groups is 1. The summed E-state index contributed by atoms with van der Waals surface area (Å²) in [6, 6.07) is 7.33. The first-order chi connectivity index (χ1) is 14.5. The van der Waals surface area contributed by atoms with Crippen LogP contribution in [0, 0.1) is 11.3 Å². The quantitative estimate of drug-likeness (QED) is 0.718. The predicted octanol–water partition coefficient (Wildman–Crippen LogP) is 2.97. The molecule has 1 aromatic carbocycles. The smallest absolute Gasteiger partial charge is 0.227 e. The summed E-state index contributed by atoms with van der Waals surface area (Å²) in [5, 5.41) is 12.9. The average molecular weight is 407 g/mol. The normalized spacial score (nSPS) is 25.9. The number of alkyl halides is 1. The molecule has 0 radical (unpaired) electrons. The van der Waals surface area contributed by atoms with Crippen molar-refractivity contribution in [3.8, 4) is 6.07 Å². The maximum absolute atomic E-state index is 13.2. The van der Waals surface area contributed by atoms with Gasteiger partial charge < -0.3 is 14.6 Å². The Balaban J connectivity index is 1.64. The maximum Gasteiger partial charge on any atom is 0.227 e. The minimum absolute atomic E-state index is 0.0725. The van der Waals surface area contributed by atoms with Crippen LogP contribution in [-0.4, -0.2) is 45.4 Å². The zero-order chi connectivity index (χ0) is 20.8. The summed E-state index contributed by atoms with van der Waals surface area (Å²) in [4.78, 5) is 21.7. The molecule has 1 aliphatic carbocycles. The van der Waals surface area contributed by atoms with Gasteiger partial charge in [0.2, 0.25) is 5.91 Å². The Bertz CT molecular complexity index is 1180. The van der Waals surface area contributed by atoms with Crippen LogP contribution in [-0.2, 0) is 16.0 Å². The number of halogens is 1. The highest BCUT2D eigenvalue weighted by molar-refractivity contribution is 6.03. The molecule has 4 atom stereocenters. The molecule has 3 aromatic rings. The summed E-state index contributed by atoms with van der Waals surface area (Å²) >= 11 is 0. The second-order valence-corrected chi connectivity index (χ2v) is 8.20. The minimum atomic E-state index is -0.943. The van der Waals surface area contributed by atoms with E-state index in [2.05, 4.69) is 20.9 Å². The topological polar surface area (TPSA) is 92.8 Å². The van der Waals surface area contributed by atoms with Crippen LogP contribution in [0.5, 0.6) is 0 Å². The molecule has 8 heteroatoms. The predicted molar refractivity (Wildman–Crippen MR) is 109 cm³/mol. The number of rotatable bonds is 4. The Morgan fingerprint density at radius 3 is 2.97 bits per heavy atom. The largest absolute Gasteiger partial charge is 0.378 e. The van der Waals surface area contributed by atoms with E-state index in [1.54, 1.807) is 12.3 Å². The molecule has 1 saturated heterocycles. The summed E-state index contributed by atoms with van der Waals surface area (Å²) in [6.45, 7) is 2.68. The number of nitrogens with one attached hydrogen (secondary N) is 1. The molecule has 2 fully saturated rings. The van der Waals surface area contributed by atoms with Crippen molar-refractivity contribution in [2.45, 2.75) is 57.0 Å². The molecule has 0 unspecified atom stereocenters. The van der Waals surface area contributed by atoms with Crippen molar-refractivity contribution in [2.24, 2.45) is 0 Å². The molecule has 5 rings (SSSR count). The number of fused-ring (bicyclic) bond motifs is 3. The molecule has 0 spiro atoms. The van der Waals surface area contributed by atoms with E-state index in [0.29, 0.717) is 29.9 Å². The first-order valence-corrected chi connectivity index (χ1v) is 10.3. The molecule has 0 bridgehead atoms. The molecular formula is C22H22FN5O2. The van der Waals surface area contributed by atoms with Gasteiger partial charge in [0, 0.05) is 24.5 Å². The van der Waals surface area contributed by atoms with Crippen molar-refractivity contribution >= 4 is 27.8 Å². The van der Waals surface area contributed by atoms with Gasteiger partial charge in [-0.15, -0.1) is 0 Å².